The summed E-state index contributed by atoms with van der Waals surface area (Å²) in [5.41, 5.74) is 0.371. The van der Waals surface area contributed by atoms with Crippen molar-refractivity contribution in [3.63, 3.8) is 0 Å². The fourth-order valence-electron chi connectivity index (χ4n) is 3.27. The number of benzene rings is 1. The van der Waals surface area contributed by atoms with E-state index in [2.05, 4.69) is 9.84 Å². The number of hydrogen-bond donors (Lipinski definition) is 1. The number of rotatable bonds is 3. The summed E-state index contributed by atoms with van der Waals surface area (Å²) < 4.78 is 47.9. The SMILES string of the molecule is CC(C)(C)OC(=O)N1CCC(n2cc(-c3ccc(OC(F)(F)F)cc3O)cn2)CC1. The maximum atomic E-state index is 12.3. The lowest BCUT2D eigenvalue weighted by Gasteiger charge is -2.33. The second-order valence-corrected chi connectivity index (χ2v) is 8.13. The van der Waals surface area contributed by atoms with Crippen molar-refractivity contribution in [3.05, 3.63) is 30.6 Å². The van der Waals surface area contributed by atoms with Crippen molar-refractivity contribution < 1.29 is 32.5 Å². The Morgan fingerprint density at radius 2 is 1.87 bits per heavy atom. The predicted molar refractivity (Wildman–Crippen MR) is 102 cm³/mol. The van der Waals surface area contributed by atoms with Crippen LogP contribution < -0.4 is 4.74 Å². The number of phenols is 1. The van der Waals surface area contributed by atoms with E-state index >= 15 is 0 Å². The van der Waals surface area contributed by atoms with Crippen LogP contribution in [0.25, 0.3) is 11.1 Å². The molecule has 7 nitrogen and oxygen atoms in total. The number of halogens is 3. The molecule has 1 aromatic carbocycles. The van der Waals surface area contributed by atoms with E-state index in [1.54, 1.807) is 22.0 Å². The number of nitrogens with zero attached hydrogens (tertiary/aromatic N) is 3. The number of piperidine rings is 1. The van der Waals surface area contributed by atoms with Gasteiger partial charge in [-0.25, -0.2) is 4.79 Å². The van der Waals surface area contributed by atoms with Gasteiger partial charge >= 0.3 is 12.5 Å². The highest BCUT2D eigenvalue weighted by atomic mass is 19.4. The molecule has 1 aromatic heterocycles. The number of carbonyl (C=O) groups excluding carboxylic acids is 1. The lowest BCUT2D eigenvalue weighted by molar-refractivity contribution is -0.274. The van der Waals surface area contributed by atoms with Gasteiger partial charge in [0, 0.05) is 36.5 Å². The van der Waals surface area contributed by atoms with Gasteiger partial charge in [-0.05, 0) is 45.7 Å². The minimum absolute atomic E-state index is 0.0624. The molecule has 1 fully saturated rings. The van der Waals surface area contributed by atoms with Gasteiger partial charge in [0.1, 0.15) is 17.1 Å². The number of aromatic hydroxyl groups is 1. The van der Waals surface area contributed by atoms with Crippen LogP contribution in [-0.4, -0.2) is 50.9 Å². The van der Waals surface area contributed by atoms with Crippen LogP contribution in [0.15, 0.2) is 30.6 Å². The molecular formula is C20H24F3N3O4. The summed E-state index contributed by atoms with van der Waals surface area (Å²) in [6.07, 6.45) is -0.525. The normalized spacial score (nSPS) is 15.9. The van der Waals surface area contributed by atoms with Crippen molar-refractivity contribution in [2.45, 2.75) is 51.6 Å². The summed E-state index contributed by atoms with van der Waals surface area (Å²) >= 11 is 0. The average molecular weight is 427 g/mol. The zero-order chi connectivity index (χ0) is 22.1. The van der Waals surface area contributed by atoms with Gasteiger partial charge in [0.05, 0.1) is 12.2 Å². The van der Waals surface area contributed by atoms with E-state index in [1.165, 1.54) is 6.07 Å². The number of hydrogen-bond acceptors (Lipinski definition) is 5. The van der Waals surface area contributed by atoms with Crippen LogP contribution in [0.2, 0.25) is 0 Å². The average Bonchev–Trinajstić information content (AvgIpc) is 3.09. The molecule has 2 aromatic rings. The fraction of sp³-hybridized carbons (Fsp3) is 0.500. The minimum Gasteiger partial charge on any atom is -0.507 e. The Kier molecular flexibility index (Phi) is 5.87. The number of likely N-dealkylation sites (tertiary alicyclic amines) is 1. The number of amides is 1. The van der Waals surface area contributed by atoms with Crippen LogP contribution in [-0.2, 0) is 4.74 Å². The van der Waals surface area contributed by atoms with Crippen molar-refractivity contribution >= 4 is 6.09 Å². The molecule has 1 saturated heterocycles. The summed E-state index contributed by atoms with van der Waals surface area (Å²) in [5, 5.41) is 14.4. The molecule has 1 aliphatic rings. The van der Waals surface area contributed by atoms with E-state index in [0.717, 1.165) is 12.1 Å². The lowest BCUT2D eigenvalue weighted by Crippen LogP contribution is -2.42. The third-order valence-corrected chi connectivity index (χ3v) is 4.61. The van der Waals surface area contributed by atoms with Crippen LogP contribution >= 0.6 is 0 Å². The van der Waals surface area contributed by atoms with E-state index in [9.17, 15) is 23.1 Å². The van der Waals surface area contributed by atoms with Gasteiger partial charge in [-0.2, -0.15) is 5.10 Å². The number of ether oxygens (including phenoxy) is 2. The van der Waals surface area contributed by atoms with E-state index in [-0.39, 0.29) is 17.9 Å². The molecule has 0 spiro atoms. The molecule has 2 heterocycles. The summed E-state index contributed by atoms with van der Waals surface area (Å²) in [5.74, 6) is -0.832. The first-order valence-corrected chi connectivity index (χ1v) is 9.52. The smallest absolute Gasteiger partial charge is 0.507 e. The van der Waals surface area contributed by atoms with Crippen molar-refractivity contribution in [1.82, 2.24) is 14.7 Å². The molecule has 0 aliphatic carbocycles. The van der Waals surface area contributed by atoms with Crippen molar-refractivity contribution in [2.75, 3.05) is 13.1 Å². The number of carbonyl (C=O) groups is 1. The topological polar surface area (TPSA) is 76.8 Å². The second-order valence-electron chi connectivity index (χ2n) is 8.13. The highest BCUT2D eigenvalue weighted by molar-refractivity contribution is 5.70. The molecule has 1 N–H and O–H groups in total. The first-order valence-electron chi connectivity index (χ1n) is 9.52. The Morgan fingerprint density at radius 1 is 1.20 bits per heavy atom. The predicted octanol–water partition coefficient (Wildman–Crippen LogP) is 4.73. The molecule has 3 rings (SSSR count). The molecule has 0 saturated carbocycles. The Balaban J connectivity index is 1.64. The molecule has 0 bridgehead atoms. The van der Waals surface area contributed by atoms with Gasteiger partial charge in [0.15, 0.2) is 0 Å². The van der Waals surface area contributed by atoms with Crippen LogP contribution in [0, 0.1) is 0 Å². The van der Waals surface area contributed by atoms with Crippen molar-refractivity contribution in [2.24, 2.45) is 0 Å². The first kappa shape index (κ1) is 21.8. The van der Waals surface area contributed by atoms with Crippen LogP contribution in [0.4, 0.5) is 18.0 Å². The van der Waals surface area contributed by atoms with E-state index in [1.807, 2.05) is 20.8 Å². The second kappa shape index (κ2) is 8.08. The number of alkyl halides is 3. The lowest BCUT2D eigenvalue weighted by atomic mass is 10.1. The minimum atomic E-state index is -4.83. The molecule has 1 aliphatic heterocycles. The van der Waals surface area contributed by atoms with Crippen LogP contribution in [0.3, 0.4) is 0 Å². The molecule has 0 atom stereocenters. The largest absolute Gasteiger partial charge is 0.573 e. The Morgan fingerprint density at radius 3 is 2.43 bits per heavy atom. The van der Waals surface area contributed by atoms with Crippen LogP contribution in [0.5, 0.6) is 11.5 Å². The monoisotopic (exact) mass is 427 g/mol. The molecule has 30 heavy (non-hydrogen) atoms. The summed E-state index contributed by atoms with van der Waals surface area (Å²) in [7, 11) is 0. The summed E-state index contributed by atoms with van der Waals surface area (Å²) in [6.45, 7) is 6.52. The third kappa shape index (κ3) is 5.58. The Labute approximate surface area is 172 Å². The summed E-state index contributed by atoms with van der Waals surface area (Å²) in [6, 6.07) is 3.47. The maximum absolute atomic E-state index is 12.3. The van der Waals surface area contributed by atoms with Gasteiger partial charge in [-0.15, -0.1) is 13.2 Å². The van der Waals surface area contributed by atoms with Gasteiger partial charge in [0.25, 0.3) is 0 Å². The molecular weight excluding hydrogens is 403 g/mol. The number of aromatic nitrogens is 2. The first-order chi connectivity index (χ1) is 13.9. The fourth-order valence-corrected chi connectivity index (χ4v) is 3.27. The van der Waals surface area contributed by atoms with Gasteiger partial charge < -0.3 is 19.5 Å². The highest BCUT2D eigenvalue weighted by Gasteiger charge is 2.31. The maximum Gasteiger partial charge on any atom is 0.573 e. The van der Waals surface area contributed by atoms with Gasteiger partial charge in [-0.1, -0.05) is 0 Å². The number of phenolic OH excluding ortho intramolecular Hbond substituents is 1. The van der Waals surface area contributed by atoms with Crippen molar-refractivity contribution in [3.8, 4) is 22.6 Å². The van der Waals surface area contributed by atoms with E-state index < -0.39 is 17.7 Å². The zero-order valence-corrected chi connectivity index (χ0v) is 16.9. The third-order valence-electron chi connectivity index (χ3n) is 4.61. The Hall–Kier alpha value is -2.91. The standard InChI is InChI=1S/C20H24F3N3O4/c1-19(2,3)30-18(28)25-8-6-14(7-9-25)26-12-13(11-24-26)16-5-4-15(10-17(16)27)29-20(21,22)23/h4-5,10-12,14,27H,6-9H2,1-3H3. The zero-order valence-electron chi connectivity index (χ0n) is 16.9. The quantitative estimate of drug-likeness (QED) is 0.767. The summed E-state index contributed by atoms with van der Waals surface area (Å²) in [4.78, 5) is 13.8. The molecule has 1 amide bonds. The Bertz CT molecular complexity index is 897. The van der Waals surface area contributed by atoms with Crippen LogP contribution in [0.1, 0.15) is 39.7 Å². The van der Waals surface area contributed by atoms with E-state index in [4.69, 9.17) is 4.74 Å². The highest BCUT2D eigenvalue weighted by Crippen LogP contribution is 2.35. The van der Waals surface area contributed by atoms with Gasteiger partial charge in [-0.3, -0.25) is 4.68 Å². The molecule has 10 heteroatoms. The molecule has 164 valence electrons. The van der Waals surface area contributed by atoms with Crippen molar-refractivity contribution in [1.29, 1.82) is 0 Å². The molecule has 0 unspecified atom stereocenters. The van der Waals surface area contributed by atoms with Gasteiger partial charge in [0.2, 0.25) is 0 Å². The molecule has 0 radical (unpaired) electrons. The van der Waals surface area contributed by atoms with E-state index in [0.29, 0.717) is 37.1 Å².